The molecular weight excluding hydrogens is 288 g/mol. The fraction of sp³-hybridized carbons (Fsp3) is 0.632. The third-order valence-electron chi connectivity index (χ3n) is 6.41. The molecule has 2 bridgehead atoms. The summed E-state index contributed by atoms with van der Waals surface area (Å²) < 4.78 is 5.14. The van der Waals surface area contributed by atoms with Crippen molar-refractivity contribution in [2.45, 2.75) is 33.6 Å². The van der Waals surface area contributed by atoms with E-state index in [1.165, 1.54) is 12.8 Å². The maximum atomic E-state index is 12.4. The van der Waals surface area contributed by atoms with Gasteiger partial charge in [0.15, 0.2) is 0 Å². The smallest absolute Gasteiger partial charge is 0.238 e. The van der Waals surface area contributed by atoms with Crippen LogP contribution in [0.1, 0.15) is 33.6 Å². The van der Waals surface area contributed by atoms with Crippen LogP contribution >= 0.6 is 0 Å². The minimum Gasteiger partial charge on any atom is -0.497 e. The van der Waals surface area contributed by atoms with E-state index in [4.69, 9.17) is 4.74 Å². The van der Waals surface area contributed by atoms with Gasteiger partial charge in [0.25, 0.3) is 0 Å². The lowest BCUT2D eigenvalue weighted by atomic mass is 9.63. The molecule has 1 saturated carbocycles. The van der Waals surface area contributed by atoms with Crippen LogP contribution in [0.5, 0.6) is 5.75 Å². The maximum absolute atomic E-state index is 12.4. The predicted octanol–water partition coefficient (Wildman–Crippen LogP) is 3.39. The number of likely N-dealkylation sites (tertiary alicyclic amines) is 1. The summed E-state index contributed by atoms with van der Waals surface area (Å²) in [6.07, 6.45) is 2.57. The molecule has 2 aliphatic rings. The zero-order valence-electron chi connectivity index (χ0n) is 14.7. The number of hydrogen-bond donors (Lipinski definition) is 1. The van der Waals surface area contributed by atoms with Crippen molar-refractivity contribution in [3.63, 3.8) is 0 Å². The Hall–Kier alpha value is -1.55. The third kappa shape index (κ3) is 2.97. The van der Waals surface area contributed by atoms with Gasteiger partial charge in [-0.1, -0.05) is 20.8 Å². The van der Waals surface area contributed by atoms with Crippen LogP contribution in [0, 0.1) is 16.7 Å². The average Bonchev–Trinajstić information content (AvgIpc) is 2.64. The first-order valence-electron chi connectivity index (χ1n) is 8.50. The highest BCUT2D eigenvalue weighted by Gasteiger charge is 2.55. The molecule has 0 aromatic heterocycles. The number of rotatable bonds is 4. The normalized spacial score (nSPS) is 29.3. The second-order valence-corrected chi connectivity index (χ2v) is 7.96. The summed E-state index contributed by atoms with van der Waals surface area (Å²) in [5, 5.41) is 2.99. The van der Waals surface area contributed by atoms with E-state index in [0.717, 1.165) is 24.5 Å². The highest BCUT2D eigenvalue weighted by Crippen LogP contribution is 2.58. The lowest BCUT2D eigenvalue weighted by Crippen LogP contribution is -2.53. The molecule has 23 heavy (non-hydrogen) atoms. The highest BCUT2D eigenvalue weighted by molar-refractivity contribution is 5.92. The van der Waals surface area contributed by atoms with E-state index >= 15 is 0 Å². The molecule has 2 fully saturated rings. The summed E-state index contributed by atoms with van der Waals surface area (Å²) >= 11 is 0. The molecule has 1 saturated heterocycles. The summed E-state index contributed by atoms with van der Waals surface area (Å²) in [4.78, 5) is 14.7. The van der Waals surface area contributed by atoms with Crippen LogP contribution in [0.15, 0.2) is 24.3 Å². The molecule has 1 aromatic rings. The number of methoxy groups -OCH3 is 1. The Bertz CT molecular complexity index is 582. The van der Waals surface area contributed by atoms with Crippen LogP contribution in [-0.2, 0) is 4.79 Å². The second kappa shape index (κ2) is 5.82. The van der Waals surface area contributed by atoms with Gasteiger partial charge < -0.3 is 10.1 Å². The molecule has 1 heterocycles. The second-order valence-electron chi connectivity index (χ2n) is 7.96. The van der Waals surface area contributed by atoms with Crippen molar-refractivity contribution in [3.05, 3.63) is 24.3 Å². The van der Waals surface area contributed by atoms with Gasteiger partial charge in [0.1, 0.15) is 5.75 Å². The Morgan fingerprint density at radius 2 is 2.00 bits per heavy atom. The Morgan fingerprint density at radius 3 is 2.61 bits per heavy atom. The number of anilines is 1. The van der Waals surface area contributed by atoms with Gasteiger partial charge in [-0.3, -0.25) is 9.69 Å². The quantitative estimate of drug-likeness (QED) is 0.926. The van der Waals surface area contributed by atoms with Gasteiger partial charge in [-0.15, -0.1) is 0 Å². The first-order chi connectivity index (χ1) is 10.8. The van der Waals surface area contributed by atoms with E-state index in [-0.39, 0.29) is 5.91 Å². The molecule has 4 heteroatoms. The number of carbonyl (C=O) groups excluding carboxylic acids is 1. The summed E-state index contributed by atoms with van der Waals surface area (Å²) in [5.74, 6) is 1.57. The number of amides is 1. The molecule has 1 aliphatic heterocycles. The van der Waals surface area contributed by atoms with Crippen molar-refractivity contribution in [3.8, 4) is 5.75 Å². The largest absolute Gasteiger partial charge is 0.497 e. The number of fused-ring (bicyclic) bond motifs is 2. The van der Waals surface area contributed by atoms with Gasteiger partial charge >= 0.3 is 0 Å². The van der Waals surface area contributed by atoms with Crippen molar-refractivity contribution in [2.75, 3.05) is 32.1 Å². The van der Waals surface area contributed by atoms with Crippen LogP contribution in [0.3, 0.4) is 0 Å². The van der Waals surface area contributed by atoms with Gasteiger partial charge in [-0.05, 0) is 53.9 Å². The van der Waals surface area contributed by atoms with Crippen LogP contribution in [0.2, 0.25) is 0 Å². The number of ether oxygens (including phenoxy) is 1. The number of benzene rings is 1. The molecule has 4 nitrogen and oxygen atoms in total. The zero-order valence-corrected chi connectivity index (χ0v) is 14.7. The van der Waals surface area contributed by atoms with Crippen molar-refractivity contribution < 1.29 is 9.53 Å². The van der Waals surface area contributed by atoms with Crippen molar-refractivity contribution in [2.24, 2.45) is 16.7 Å². The standard InChI is InChI=1S/C19H28N2O2/c1-18(2)14-9-10-19(18,3)13-21(11-14)12-17(22)20-15-5-7-16(23-4)8-6-15/h5-8,14H,9-13H2,1-4H3,(H,20,22)/t14-,19+/m0/s1. The van der Waals surface area contributed by atoms with Crippen LogP contribution < -0.4 is 10.1 Å². The lowest BCUT2D eigenvalue weighted by molar-refractivity contribution is -0.119. The highest BCUT2D eigenvalue weighted by atomic mass is 16.5. The van der Waals surface area contributed by atoms with E-state index < -0.39 is 0 Å². The minimum absolute atomic E-state index is 0.0675. The molecule has 2 atom stereocenters. The molecule has 3 rings (SSSR count). The van der Waals surface area contributed by atoms with Crippen LogP contribution in [-0.4, -0.2) is 37.6 Å². The Morgan fingerprint density at radius 1 is 1.30 bits per heavy atom. The fourth-order valence-corrected chi connectivity index (χ4v) is 4.34. The Balaban J connectivity index is 1.58. The maximum Gasteiger partial charge on any atom is 0.238 e. The average molecular weight is 316 g/mol. The fourth-order valence-electron chi connectivity index (χ4n) is 4.34. The molecule has 126 valence electrons. The molecule has 1 amide bonds. The zero-order chi connectivity index (χ0) is 16.7. The van der Waals surface area contributed by atoms with Gasteiger partial charge in [0, 0.05) is 18.8 Å². The van der Waals surface area contributed by atoms with Crippen molar-refractivity contribution in [1.29, 1.82) is 0 Å². The molecule has 1 N–H and O–H groups in total. The van der Waals surface area contributed by atoms with Gasteiger partial charge in [-0.25, -0.2) is 0 Å². The Kier molecular flexibility index (Phi) is 4.13. The predicted molar refractivity (Wildman–Crippen MR) is 92.7 cm³/mol. The topological polar surface area (TPSA) is 41.6 Å². The molecule has 1 aliphatic carbocycles. The van der Waals surface area contributed by atoms with E-state index in [9.17, 15) is 4.79 Å². The number of piperidine rings is 1. The molecule has 0 unspecified atom stereocenters. The minimum atomic E-state index is 0.0675. The SMILES string of the molecule is COc1ccc(NC(=O)CN2C[C@@H]3CC[C@](C)(C2)C3(C)C)cc1. The number of nitrogens with one attached hydrogen (secondary N) is 1. The van der Waals surface area contributed by atoms with E-state index in [1.54, 1.807) is 7.11 Å². The summed E-state index contributed by atoms with van der Waals surface area (Å²) in [6, 6.07) is 7.47. The van der Waals surface area contributed by atoms with E-state index in [2.05, 4.69) is 31.0 Å². The first kappa shape index (κ1) is 16.3. The molecular formula is C19H28N2O2. The van der Waals surface area contributed by atoms with Gasteiger partial charge in [-0.2, -0.15) is 0 Å². The first-order valence-corrected chi connectivity index (χ1v) is 8.50. The van der Waals surface area contributed by atoms with E-state index in [1.807, 2.05) is 24.3 Å². The monoisotopic (exact) mass is 316 g/mol. The van der Waals surface area contributed by atoms with Gasteiger partial charge in [0.2, 0.25) is 5.91 Å². The van der Waals surface area contributed by atoms with Crippen LogP contribution in [0.25, 0.3) is 0 Å². The molecule has 0 radical (unpaired) electrons. The number of hydrogen-bond acceptors (Lipinski definition) is 3. The third-order valence-corrected chi connectivity index (χ3v) is 6.41. The lowest BCUT2D eigenvalue weighted by Gasteiger charge is -2.50. The Labute approximate surface area is 139 Å². The van der Waals surface area contributed by atoms with E-state index in [0.29, 0.717) is 23.3 Å². The van der Waals surface area contributed by atoms with Crippen molar-refractivity contribution in [1.82, 2.24) is 4.90 Å². The van der Waals surface area contributed by atoms with Gasteiger partial charge in [0.05, 0.1) is 13.7 Å². The summed E-state index contributed by atoms with van der Waals surface area (Å²) in [7, 11) is 1.64. The molecule has 0 spiro atoms. The number of nitrogens with zero attached hydrogens (tertiary/aromatic N) is 1. The number of carbonyl (C=O) groups is 1. The summed E-state index contributed by atoms with van der Waals surface area (Å²) in [5.41, 5.74) is 1.54. The summed E-state index contributed by atoms with van der Waals surface area (Å²) in [6.45, 7) is 9.73. The van der Waals surface area contributed by atoms with Crippen molar-refractivity contribution >= 4 is 11.6 Å². The van der Waals surface area contributed by atoms with Crippen LogP contribution in [0.4, 0.5) is 5.69 Å². The molecule has 1 aromatic carbocycles.